The van der Waals surface area contributed by atoms with E-state index in [9.17, 15) is 9.59 Å². The molecule has 0 aliphatic heterocycles. The molecule has 0 bridgehead atoms. The van der Waals surface area contributed by atoms with Crippen molar-refractivity contribution < 1.29 is 14.3 Å². The van der Waals surface area contributed by atoms with Gasteiger partial charge in [0.05, 0.1) is 0 Å². The standard InChI is InChI=1S/C22H20ClN7O3/c1-13(26-22(32)33-11-14-6-3-2-4-7-14)21(31)28-20-17-18(24-12-25-19(17)29-30-20)27-16-9-5-8-15(23)10-16/h2-10,12-13H,11H2,1H3,(H,26,32)(H3,24,25,27,28,29,30,31)/t13-/m0/s1. The first-order chi connectivity index (χ1) is 16.0. The Bertz CT molecular complexity index is 1280. The lowest BCUT2D eigenvalue weighted by atomic mass is 10.2. The summed E-state index contributed by atoms with van der Waals surface area (Å²) in [6.07, 6.45) is 0.659. The van der Waals surface area contributed by atoms with E-state index >= 15 is 0 Å². The van der Waals surface area contributed by atoms with Gasteiger partial charge in [0.25, 0.3) is 0 Å². The van der Waals surface area contributed by atoms with Crippen molar-refractivity contribution in [1.29, 1.82) is 0 Å². The molecular formula is C22H20ClN7O3. The van der Waals surface area contributed by atoms with Crippen molar-refractivity contribution >= 4 is 52.0 Å². The van der Waals surface area contributed by atoms with Gasteiger partial charge >= 0.3 is 6.09 Å². The Labute approximate surface area is 193 Å². The number of aromatic nitrogens is 4. The van der Waals surface area contributed by atoms with Gasteiger partial charge in [0.2, 0.25) is 5.91 Å². The number of anilines is 3. The Hall–Kier alpha value is -4.18. The fraction of sp³-hybridized carbons (Fsp3) is 0.136. The molecule has 0 unspecified atom stereocenters. The maximum atomic E-state index is 12.7. The summed E-state index contributed by atoms with van der Waals surface area (Å²) < 4.78 is 5.16. The highest BCUT2D eigenvalue weighted by Gasteiger charge is 2.20. The number of alkyl carbamates (subject to hydrolysis) is 1. The number of halogens is 1. The highest BCUT2D eigenvalue weighted by atomic mass is 35.5. The van der Waals surface area contributed by atoms with Crippen molar-refractivity contribution in [3.05, 3.63) is 71.5 Å². The Kier molecular flexibility index (Phi) is 6.65. The van der Waals surface area contributed by atoms with E-state index in [2.05, 4.69) is 36.1 Å². The number of amides is 2. The minimum Gasteiger partial charge on any atom is -0.445 e. The quantitative estimate of drug-likeness (QED) is 0.324. The molecule has 4 rings (SSSR count). The topological polar surface area (TPSA) is 134 Å². The monoisotopic (exact) mass is 465 g/mol. The van der Waals surface area contributed by atoms with Gasteiger partial charge in [-0.1, -0.05) is 48.0 Å². The normalized spacial score (nSPS) is 11.6. The molecule has 2 aromatic heterocycles. The number of H-pyrrole nitrogens is 1. The van der Waals surface area contributed by atoms with Crippen LogP contribution >= 0.6 is 11.6 Å². The van der Waals surface area contributed by atoms with Crippen molar-refractivity contribution in [2.45, 2.75) is 19.6 Å². The summed E-state index contributed by atoms with van der Waals surface area (Å²) in [5.74, 6) is 0.151. The number of nitrogens with zero attached hydrogens (tertiary/aromatic N) is 3. The van der Waals surface area contributed by atoms with Crippen LogP contribution in [0.5, 0.6) is 0 Å². The van der Waals surface area contributed by atoms with Gasteiger partial charge in [0.1, 0.15) is 30.2 Å². The number of aromatic amines is 1. The van der Waals surface area contributed by atoms with Gasteiger partial charge in [-0.25, -0.2) is 14.8 Å². The van der Waals surface area contributed by atoms with Crippen LogP contribution in [0.25, 0.3) is 11.0 Å². The molecule has 11 heteroatoms. The van der Waals surface area contributed by atoms with Gasteiger partial charge in [0.15, 0.2) is 11.5 Å². The number of fused-ring (bicyclic) bond motifs is 1. The third-order valence-electron chi connectivity index (χ3n) is 4.63. The molecule has 0 aliphatic rings. The van der Waals surface area contributed by atoms with E-state index in [1.54, 1.807) is 18.2 Å². The Morgan fingerprint density at radius 3 is 2.70 bits per heavy atom. The van der Waals surface area contributed by atoms with Crippen LogP contribution in [0.1, 0.15) is 12.5 Å². The van der Waals surface area contributed by atoms with Gasteiger partial charge in [-0.05, 0) is 30.7 Å². The molecule has 2 aromatic carbocycles. The molecule has 168 valence electrons. The first-order valence-electron chi connectivity index (χ1n) is 9.99. The molecular weight excluding hydrogens is 446 g/mol. The van der Waals surface area contributed by atoms with Crippen LogP contribution in [-0.2, 0) is 16.1 Å². The SMILES string of the molecule is C[C@H](NC(=O)OCc1ccccc1)C(=O)Nc1n[nH]c2ncnc(Nc3cccc(Cl)c3)c12. The average molecular weight is 466 g/mol. The molecule has 4 aromatic rings. The summed E-state index contributed by atoms with van der Waals surface area (Å²) in [6.45, 7) is 1.64. The van der Waals surface area contributed by atoms with Crippen molar-refractivity contribution in [3.63, 3.8) is 0 Å². The largest absolute Gasteiger partial charge is 0.445 e. The first kappa shape index (κ1) is 22.0. The van der Waals surface area contributed by atoms with E-state index in [1.807, 2.05) is 36.4 Å². The zero-order chi connectivity index (χ0) is 23.2. The summed E-state index contributed by atoms with van der Waals surface area (Å²) >= 11 is 6.05. The smallest absolute Gasteiger partial charge is 0.408 e. The maximum Gasteiger partial charge on any atom is 0.408 e. The Morgan fingerprint density at radius 1 is 1.09 bits per heavy atom. The van der Waals surface area contributed by atoms with Gasteiger partial charge in [-0.15, -0.1) is 0 Å². The molecule has 4 N–H and O–H groups in total. The minimum atomic E-state index is -0.881. The fourth-order valence-corrected chi connectivity index (χ4v) is 3.17. The number of benzene rings is 2. The molecule has 0 saturated carbocycles. The second-order valence-electron chi connectivity index (χ2n) is 7.07. The maximum absolute atomic E-state index is 12.7. The van der Waals surface area contributed by atoms with E-state index < -0.39 is 18.0 Å². The average Bonchev–Trinajstić information content (AvgIpc) is 3.22. The van der Waals surface area contributed by atoms with Crippen LogP contribution in [0.4, 0.5) is 22.1 Å². The molecule has 2 amide bonds. The van der Waals surface area contributed by atoms with Gasteiger partial charge in [0, 0.05) is 10.7 Å². The lowest BCUT2D eigenvalue weighted by molar-refractivity contribution is -0.117. The first-order valence-corrected chi connectivity index (χ1v) is 10.4. The number of carbonyl (C=O) groups is 2. The summed E-state index contributed by atoms with van der Waals surface area (Å²) in [5.41, 5.74) is 1.97. The third-order valence-corrected chi connectivity index (χ3v) is 4.86. The van der Waals surface area contributed by atoms with Crippen molar-refractivity contribution in [2.75, 3.05) is 10.6 Å². The van der Waals surface area contributed by atoms with Crippen LogP contribution < -0.4 is 16.0 Å². The number of rotatable bonds is 7. The fourth-order valence-electron chi connectivity index (χ4n) is 2.98. The van der Waals surface area contributed by atoms with Gasteiger partial charge < -0.3 is 20.7 Å². The molecule has 10 nitrogen and oxygen atoms in total. The summed E-state index contributed by atoms with van der Waals surface area (Å²) in [7, 11) is 0. The minimum absolute atomic E-state index is 0.0981. The third kappa shape index (κ3) is 5.55. The zero-order valence-electron chi connectivity index (χ0n) is 17.5. The predicted molar refractivity (Wildman–Crippen MR) is 124 cm³/mol. The van der Waals surface area contributed by atoms with Crippen LogP contribution in [0.2, 0.25) is 5.02 Å². The number of ether oxygens (including phenoxy) is 1. The van der Waals surface area contributed by atoms with E-state index in [4.69, 9.17) is 16.3 Å². The molecule has 2 heterocycles. The zero-order valence-corrected chi connectivity index (χ0v) is 18.3. The van der Waals surface area contributed by atoms with E-state index in [0.717, 1.165) is 5.56 Å². The second-order valence-corrected chi connectivity index (χ2v) is 7.51. The molecule has 0 fully saturated rings. The summed E-state index contributed by atoms with van der Waals surface area (Å²) in [4.78, 5) is 33.1. The highest BCUT2D eigenvalue weighted by molar-refractivity contribution is 6.30. The van der Waals surface area contributed by atoms with Crippen LogP contribution in [0, 0.1) is 0 Å². The molecule has 0 spiro atoms. The van der Waals surface area contributed by atoms with E-state index in [0.29, 0.717) is 27.6 Å². The van der Waals surface area contributed by atoms with Gasteiger partial charge in [-0.2, -0.15) is 5.10 Å². The number of hydrogen-bond donors (Lipinski definition) is 4. The predicted octanol–water partition coefficient (Wildman–Crippen LogP) is 4.00. The van der Waals surface area contributed by atoms with E-state index in [-0.39, 0.29) is 12.4 Å². The molecule has 0 saturated heterocycles. The van der Waals surface area contributed by atoms with Crippen molar-refractivity contribution in [2.24, 2.45) is 0 Å². The second kappa shape index (κ2) is 9.96. The number of carbonyl (C=O) groups excluding carboxylic acids is 2. The summed E-state index contributed by atoms with van der Waals surface area (Å²) in [6, 6.07) is 15.5. The molecule has 0 aliphatic carbocycles. The van der Waals surface area contributed by atoms with Crippen LogP contribution in [0.3, 0.4) is 0 Å². The van der Waals surface area contributed by atoms with E-state index in [1.165, 1.54) is 13.3 Å². The van der Waals surface area contributed by atoms with Gasteiger partial charge in [-0.3, -0.25) is 9.89 Å². The molecule has 1 atom stereocenters. The summed E-state index contributed by atoms with van der Waals surface area (Å²) in [5, 5.41) is 16.2. The lowest BCUT2D eigenvalue weighted by Crippen LogP contribution is -2.41. The molecule has 33 heavy (non-hydrogen) atoms. The number of nitrogens with one attached hydrogen (secondary N) is 4. The number of hydrogen-bond acceptors (Lipinski definition) is 7. The molecule has 0 radical (unpaired) electrons. The van der Waals surface area contributed by atoms with Crippen molar-refractivity contribution in [3.8, 4) is 0 Å². The highest BCUT2D eigenvalue weighted by Crippen LogP contribution is 2.28. The lowest BCUT2D eigenvalue weighted by Gasteiger charge is -2.14. The van der Waals surface area contributed by atoms with Crippen molar-refractivity contribution in [1.82, 2.24) is 25.5 Å². The Morgan fingerprint density at radius 2 is 1.91 bits per heavy atom. The Balaban J connectivity index is 1.42. The van der Waals surface area contributed by atoms with Crippen LogP contribution in [-0.4, -0.2) is 38.2 Å². The van der Waals surface area contributed by atoms with Crippen LogP contribution in [0.15, 0.2) is 60.9 Å².